The Morgan fingerprint density at radius 2 is 2.05 bits per heavy atom. The molecule has 0 amide bonds. The molecule has 0 radical (unpaired) electrons. The van der Waals surface area contributed by atoms with E-state index in [0.29, 0.717) is 0 Å². The molecule has 0 spiro atoms. The molecule has 0 N–H and O–H groups in total. The number of nitrogens with zero attached hydrogens (tertiary/aromatic N) is 4. The standard InChI is InChI=1S/C16H21BrN4/c17-11-14-16(18-15-5-1-2-9-21(14)15)20-10-6-13(12-20)19-7-3-4-8-19/h1-2,5,9,13H,3-4,6-8,10-12H2. The van der Waals surface area contributed by atoms with Crippen molar-refractivity contribution in [3.05, 3.63) is 30.1 Å². The van der Waals surface area contributed by atoms with Gasteiger partial charge in [-0.2, -0.15) is 0 Å². The van der Waals surface area contributed by atoms with Crippen molar-refractivity contribution in [3.63, 3.8) is 0 Å². The summed E-state index contributed by atoms with van der Waals surface area (Å²) >= 11 is 3.64. The normalized spacial score (nSPS) is 23.5. The zero-order valence-corrected chi connectivity index (χ0v) is 13.8. The largest absolute Gasteiger partial charge is 0.353 e. The minimum absolute atomic E-state index is 0.723. The molecule has 5 heteroatoms. The molecule has 2 fully saturated rings. The van der Waals surface area contributed by atoms with Crippen LogP contribution in [0.3, 0.4) is 0 Å². The Morgan fingerprint density at radius 1 is 1.19 bits per heavy atom. The lowest BCUT2D eigenvalue weighted by Crippen LogP contribution is -2.35. The van der Waals surface area contributed by atoms with Gasteiger partial charge >= 0.3 is 0 Å². The molecule has 2 aliphatic rings. The third-order valence-corrected chi connectivity index (χ3v) is 5.39. The van der Waals surface area contributed by atoms with E-state index in [-0.39, 0.29) is 0 Å². The van der Waals surface area contributed by atoms with Crippen molar-refractivity contribution in [2.24, 2.45) is 0 Å². The first-order chi connectivity index (χ1) is 10.4. The lowest BCUT2D eigenvalue weighted by atomic mass is 10.2. The molecule has 21 heavy (non-hydrogen) atoms. The van der Waals surface area contributed by atoms with Crippen LogP contribution in [0.2, 0.25) is 0 Å². The van der Waals surface area contributed by atoms with E-state index in [9.17, 15) is 0 Å². The third kappa shape index (κ3) is 2.36. The highest BCUT2D eigenvalue weighted by Crippen LogP contribution is 2.29. The first-order valence-corrected chi connectivity index (χ1v) is 9.00. The maximum Gasteiger partial charge on any atom is 0.152 e. The molecule has 4 nitrogen and oxygen atoms in total. The first kappa shape index (κ1) is 13.6. The van der Waals surface area contributed by atoms with Gasteiger partial charge in [0.1, 0.15) is 5.65 Å². The van der Waals surface area contributed by atoms with Crippen LogP contribution in [-0.2, 0) is 5.33 Å². The van der Waals surface area contributed by atoms with Crippen LogP contribution in [0.4, 0.5) is 5.82 Å². The number of aromatic nitrogens is 2. The molecular formula is C16H21BrN4. The van der Waals surface area contributed by atoms with E-state index in [1.54, 1.807) is 0 Å². The average Bonchev–Trinajstić information content (AvgIpc) is 3.24. The van der Waals surface area contributed by atoms with E-state index >= 15 is 0 Å². The molecule has 2 saturated heterocycles. The zero-order chi connectivity index (χ0) is 14.2. The van der Waals surface area contributed by atoms with E-state index in [1.165, 1.54) is 43.9 Å². The second-order valence-corrected chi connectivity index (χ2v) is 6.64. The van der Waals surface area contributed by atoms with E-state index in [2.05, 4.69) is 54.5 Å². The smallest absolute Gasteiger partial charge is 0.152 e. The molecular weight excluding hydrogens is 328 g/mol. The molecule has 0 bridgehead atoms. The first-order valence-electron chi connectivity index (χ1n) is 7.88. The van der Waals surface area contributed by atoms with Crippen LogP contribution in [0.5, 0.6) is 0 Å². The Hall–Kier alpha value is -1.07. The number of rotatable bonds is 3. The molecule has 4 rings (SSSR count). The van der Waals surface area contributed by atoms with Crippen molar-refractivity contribution in [1.29, 1.82) is 0 Å². The molecule has 0 aromatic carbocycles. The predicted octanol–water partition coefficient (Wildman–Crippen LogP) is 2.90. The number of pyridine rings is 1. The quantitative estimate of drug-likeness (QED) is 0.797. The highest BCUT2D eigenvalue weighted by molar-refractivity contribution is 9.08. The number of likely N-dealkylation sites (tertiary alicyclic amines) is 1. The van der Waals surface area contributed by atoms with Gasteiger partial charge in [0.25, 0.3) is 0 Å². The predicted molar refractivity (Wildman–Crippen MR) is 89.2 cm³/mol. The Bertz CT molecular complexity index is 632. The van der Waals surface area contributed by atoms with Gasteiger partial charge in [-0.15, -0.1) is 0 Å². The van der Waals surface area contributed by atoms with Gasteiger partial charge < -0.3 is 9.30 Å². The fraction of sp³-hybridized carbons (Fsp3) is 0.562. The summed E-state index contributed by atoms with van der Waals surface area (Å²) < 4.78 is 2.20. The summed E-state index contributed by atoms with van der Waals surface area (Å²) in [4.78, 5) is 10.0. The molecule has 2 aromatic rings. The van der Waals surface area contributed by atoms with E-state index in [4.69, 9.17) is 4.98 Å². The highest BCUT2D eigenvalue weighted by Gasteiger charge is 2.31. The van der Waals surface area contributed by atoms with Crippen LogP contribution in [0.15, 0.2) is 24.4 Å². The average molecular weight is 349 g/mol. The number of halogens is 1. The number of imidazole rings is 1. The van der Waals surface area contributed by atoms with E-state index in [1.807, 2.05) is 0 Å². The fourth-order valence-electron chi connectivity index (χ4n) is 3.75. The van der Waals surface area contributed by atoms with Crippen molar-refractivity contribution in [2.45, 2.75) is 30.6 Å². The summed E-state index contributed by atoms with van der Waals surface area (Å²) in [6.45, 7) is 4.83. The molecule has 0 aliphatic carbocycles. The van der Waals surface area contributed by atoms with E-state index < -0.39 is 0 Å². The molecule has 0 saturated carbocycles. The van der Waals surface area contributed by atoms with Gasteiger partial charge in [-0.3, -0.25) is 4.90 Å². The van der Waals surface area contributed by atoms with E-state index in [0.717, 1.165) is 30.1 Å². The maximum atomic E-state index is 4.87. The van der Waals surface area contributed by atoms with Crippen molar-refractivity contribution in [1.82, 2.24) is 14.3 Å². The van der Waals surface area contributed by atoms with Crippen molar-refractivity contribution >= 4 is 27.4 Å². The lowest BCUT2D eigenvalue weighted by molar-refractivity contribution is 0.260. The monoisotopic (exact) mass is 348 g/mol. The van der Waals surface area contributed by atoms with Gasteiger partial charge in [0.15, 0.2) is 5.82 Å². The van der Waals surface area contributed by atoms with Crippen LogP contribution in [0, 0.1) is 0 Å². The molecule has 1 atom stereocenters. The Labute approximate surface area is 133 Å². The van der Waals surface area contributed by atoms with Crippen LogP contribution < -0.4 is 4.90 Å². The van der Waals surface area contributed by atoms with Crippen molar-refractivity contribution in [2.75, 3.05) is 31.1 Å². The van der Waals surface area contributed by atoms with Crippen LogP contribution in [0.1, 0.15) is 25.0 Å². The summed E-state index contributed by atoms with van der Waals surface area (Å²) in [5.74, 6) is 1.17. The van der Waals surface area contributed by atoms with Gasteiger partial charge in [0, 0.05) is 30.7 Å². The lowest BCUT2D eigenvalue weighted by Gasteiger charge is -2.24. The van der Waals surface area contributed by atoms with Gasteiger partial charge in [0.2, 0.25) is 0 Å². The van der Waals surface area contributed by atoms with Crippen LogP contribution in [0.25, 0.3) is 5.65 Å². The number of fused-ring (bicyclic) bond motifs is 1. The summed E-state index contributed by atoms with van der Waals surface area (Å²) in [5, 5.41) is 0.846. The topological polar surface area (TPSA) is 23.8 Å². The maximum absolute atomic E-state index is 4.87. The number of hydrogen-bond donors (Lipinski definition) is 0. The molecule has 112 valence electrons. The molecule has 2 aromatic heterocycles. The third-order valence-electron chi connectivity index (χ3n) is 4.85. The van der Waals surface area contributed by atoms with Gasteiger partial charge in [-0.1, -0.05) is 22.0 Å². The minimum Gasteiger partial charge on any atom is -0.353 e. The minimum atomic E-state index is 0.723. The van der Waals surface area contributed by atoms with Crippen molar-refractivity contribution < 1.29 is 0 Å². The van der Waals surface area contributed by atoms with Crippen LogP contribution in [-0.4, -0.2) is 46.5 Å². The summed E-state index contributed by atoms with van der Waals surface area (Å²) in [7, 11) is 0. The van der Waals surface area contributed by atoms with Crippen LogP contribution >= 0.6 is 15.9 Å². The fourth-order valence-corrected chi connectivity index (χ4v) is 4.27. The van der Waals surface area contributed by atoms with Gasteiger partial charge in [-0.25, -0.2) is 4.98 Å². The molecule has 2 aliphatic heterocycles. The van der Waals surface area contributed by atoms with Crippen molar-refractivity contribution in [3.8, 4) is 0 Å². The zero-order valence-electron chi connectivity index (χ0n) is 12.2. The van der Waals surface area contributed by atoms with Gasteiger partial charge in [0.05, 0.1) is 5.69 Å². The summed E-state index contributed by atoms with van der Waals surface area (Å²) in [6.07, 6.45) is 6.13. The highest BCUT2D eigenvalue weighted by atomic mass is 79.9. The number of hydrogen-bond acceptors (Lipinski definition) is 3. The summed E-state index contributed by atoms with van der Waals surface area (Å²) in [6, 6.07) is 6.94. The Balaban J connectivity index is 1.61. The molecule has 1 unspecified atom stereocenters. The second-order valence-electron chi connectivity index (χ2n) is 6.08. The summed E-state index contributed by atoms with van der Waals surface area (Å²) in [5.41, 5.74) is 2.32. The van der Waals surface area contributed by atoms with Gasteiger partial charge in [-0.05, 0) is 44.5 Å². The number of anilines is 1. The SMILES string of the molecule is BrCc1c(N2CCC(N3CCCC3)C2)nc2ccccn12. The Morgan fingerprint density at radius 3 is 2.86 bits per heavy atom. The number of alkyl halides is 1. The Kier molecular flexibility index (Phi) is 3.63. The molecule has 4 heterocycles. The second kappa shape index (κ2) is 5.61.